The smallest absolute Gasteiger partial charge is 0.225 e. The minimum Gasteiger partial charge on any atom is -0.392 e. The Kier molecular flexibility index (Phi) is 3.88. The number of rotatable bonds is 5. The molecule has 0 aliphatic heterocycles. The summed E-state index contributed by atoms with van der Waals surface area (Å²) in [5.74, 6) is 0.412. The summed E-state index contributed by atoms with van der Waals surface area (Å²) in [5.41, 5.74) is 6.76. The van der Waals surface area contributed by atoms with E-state index in [1.165, 1.54) is 0 Å². The summed E-state index contributed by atoms with van der Waals surface area (Å²) >= 11 is 5.06. The molecular weight excluding hydrogens is 280 g/mol. The van der Waals surface area contributed by atoms with E-state index in [4.69, 9.17) is 18.0 Å². The maximum Gasteiger partial charge on any atom is 0.225 e. The highest BCUT2D eigenvalue weighted by atomic mass is 32.1. The van der Waals surface area contributed by atoms with Gasteiger partial charge in [-0.3, -0.25) is 4.79 Å². The molecule has 3 nitrogen and oxygen atoms in total. The molecule has 2 aromatic carbocycles. The average molecular weight is 298 g/mol. The van der Waals surface area contributed by atoms with Crippen molar-refractivity contribution in [1.29, 1.82) is 0 Å². The fourth-order valence-electron chi connectivity index (χ4n) is 2.69. The molecule has 1 aliphatic rings. The van der Waals surface area contributed by atoms with Crippen molar-refractivity contribution in [3.8, 4) is 0 Å². The lowest BCUT2D eigenvalue weighted by Gasteiger charge is -2.17. The molecule has 3 N–H and O–H groups in total. The molecule has 1 amide bonds. The van der Waals surface area contributed by atoms with Crippen LogP contribution in [0.4, 0.5) is 0 Å². The van der Waals surface area contributed by atoms with Gasteiger partial charge in [0.1, 0.15) is 0 Å². The topological polar surface area (TPSA) is 55.1 Å². The molecule has 3 rings (SSSR count). The zero-order chi connectivity index (χ0) is 14.8. The van der Waals surface area contributed by atoms with Crippen molar-refractivity contribution in [2.75, 3.05) is 0 Å². The Balaban J connectivity index is 1.75. The normalized spacial score (nSPS) is 15.6. The quantitative estimate of drug-likeness (QED) is 0.834. The van der Waals surface area contributed by atoms with Gasteiger partial charge >= 0.3 is 0 Å². The molecule has 4 heteroatoms. The Morgan fingerprint density at radius 2 is 1.95 bits per heavy atom. The summed E-state index contributed by atoms with van der Waals surface area (Å²) in [5, 5.41) is 5.25. The largest absolute Gasteiger partial charge is 0.392 e. The van der Waals surface area contributed by atoms with Crippen LogP contribution in [0.5, 0.6) is 0 Å². The molecular formula is C17H18N2OS. The molecule has 1 fully saturated rings. The summed E-state index contributed by atoms with van der Waals surface area (Å²) in [6, 6.07) is 14.0. The van der Waals surface area contributed by atoms with Crippen molar-refractivity contribution < 1.29 is 4.79 Å². The van der Waals surface area contributed by atoms with Gasteiger partial charge in [0.25, 0.3) is 0 Å². The molecule has 1 aliphatic carbocycles. The number of hydrogen-bond donors (Lipinski definition) is 2. The van der Waals surface area contributed by atoms with Crippen molar-refractivity contribution in [2.45, 2.75) is 25.3 Å². The first-order valence-electron chi connectivity index (χ1n) is 7.20. The van der Waals surface area contributed by atoms with E-state index < -0.39 is 0 Å². The SMILES string of the molecule is NC(=S)C(NC(=O)Cc1cccc2ccccc12)C1CC1. The summed E-state index contributed by atoms with van der Waals surface area (Å²) in [6.07, 6.45) is 2.54. The molecule has 1 atom stereocenters. The summed E-state index contributed by atoms with van der Waals surface area (Å²) in [6.45, 7) is 0. The molecule has 1 unspecified atom stereocenters. The molecule has 1 saturated carbocycles. The van der Waals surface area contributed by atoms with Crippen molar-refractivity contribution in [2.24, 2.45) is 11.7 Å². The highest BCUT2D eigenvalue weighted by molar-refractivity contribution is 7.80. The summed E-state index contributed by atoms with van der Waals surface area (Å²) in [4.78, 5) is 12.7. The molecule has 0 heterocycles. The van der Waals surface area contributed by atoms with Gasteiger partial charge in [-0.15, -0.1) is 0 Å². The van der Waals surface area contributed by atoms with Crippen molar-refractivity contribution in [3.63, 3.8) is 0 Å². The van der Waals surface area contributed by atoms with Gasteiger partial charge in [0, 0.05) is 0 Å². The van der Waals surface area contributed by atoms with Crippen LogP contribution in [0.1, 0.15) is 18.4 Å². The number of thiocarbonyl (C=S) groups is 1. The first-order chi connectivity index (χ1) is 10.1. The fraction of sp³-hybridized carbons (Fsp3) is 0.294. The molecule has 108 valence electrons. The predicted octanol–water partition coefficient (Wildman–Crippen LogP) is 2.56. The van der Waals surface area contributed by atoms with Crippen LogP contribution in [0.25, 0.3) is 10.8 Å². The maximum atomic E-state index is 12.3. The van der Waals surface area contributed by atoms with Gasteiger partial charge in [0.05, 0.1) is 17.5 Å². The number of hydrogen-bond acceptors (Lipinski definition) is 2. The third-order valence-corrected chi connectivity index (χ3v) is 4.20. The molecule has 0 spiro atoms. The Hall–Kier alpha value is -1.94. The molecule has 2 aromatic rings. The van der Waals surface area contributed by atoms with E-state index in [0.717, 1.165) is 29.2 Å². The van der Waals surface area contributed by atoms with E-state index in [-0.39, 0.29) is 11.9 Å². The second-order valence-electron chi connectivity index (χ2n) is 5.60. The number of nitrogens with one attached hydrogen (secondary N) is 1. The Morgan fingerprint density at radius 3 is 2.67 bits per heavy atom. The summed E-state index contributed by atoms with van der Waals surface area (Å²) < 4.78 is 0. The van der Waals surface area contributed by atoms with Crippen molar-refractivity contribution >= 4 is 33.9 Å². The predicted molar refractivity (Wildman–Crippen MR) is 89.1 cm³/mol. The molecule has 21 heavy (non-hydrogen) atoms. The van der Waals surface area contributed by atoms with E-state index >= 15 is 0 Å². The standard InChI is InChI=1S/C17H18N2OS/c18-17(21)16(12-8-9-12)19-15(20)10-13-6-3-5-11-4-1-2-7-14(11)13/h1-7,12,16H,8-10H2,(H2,18,21)(H,19,20). The van der Waals surface area contributed by atoms with E-state index in [1.807, 2.05) is 30.3 Å². The Morgan fingerprint density at radius 1 is 1.24 bits per heavy atom. The Labute approximate surface area is 129 Å². The zero-order valence-electron chi connectivity index (χ0n) is 11.7. The second kappa shape index (κ2) is 5.82. The number of carbonyl (C=O) groups is 1. The third kappa shape index (κ3) is 3.22. The lowest BCUT2D eigenvalue weighted by molar-refractivity contribution is -0.120. The van der Waals surface area contributed by atoms with Gasteiger partial charge in [-0.05, 0) is 35.1 Å². The van der Waals surface area contributed by atoms with E-state index in [0.29, 0.717) is 17.3 Å². The van der Waals surface area contributed by atoms with Crippen molar-refractivity contribution in [3.05, 3.63) is 48.0 Å². The first kappa shape index (κ1) is 14.0. The van der Waals surface area contributed by atoms with E-state index in [9.17, 15) is 4.79 Å². The zero-order valence-corrected chi connectivity index (χ0v) is 12.5. The van der Waals surface area contributed by atoms with Crippen LogP contribution in [-0.4, -0.2) is 16.9 Å². The minimum absolute atomic E-state index is 0.0175. The number of amides is 1. The number of benzene rings is 2. The van der Waals surface area contributed by atoms with Gasteiger partial charge in [-0.25, -0.2) is 0 Å². The van der Waals surface area contributed by atoms with Crippen LogP contribution in [0.3, 0.4) is 0 Å². The minimum atomic E-state index is -0.150. The Bertz CT molecular complexity index is 689. The summed E-state index contributed by atoms with van der Waals surface area (Å²) in [7, 11) is 0. The van der Waals surface area contributed by atoms with Crippen LogP contribution in [0.2, 0.25) is 0 Å². The lowest BCUT2D eigenvalue weighted by atomic mass is 10.0. The second-order valence-corrected chi connectivity index (χ2v) is 6.07. The van der Waals surface area contributed by atoms with Crippen LogP contribution in [-0.2, 0) is 11.2 Å². The third-order valence-electron chi connectivity index (χ3n) is 3.95. The number of fused-ring (bicyclic) bond motifs is 1. The highest BCUT2D eigenvalue weighted by Gasteiger charge is 2.34. The molecule has 0 aromatic heterocycles. The average Bonchev–Trinajstić information content (AvgIpc) is 3.29. The first-order valence-corrected chi connectivity index (χ1v) is 7.61. The lowest BCUT2D eigenvalue weighted by Crippen LogP contribution is -2.45. The van der Waals surface area contributed by atoms with Gasteiger partial charge in [0.15, 0.2) is 0 Å². The monoisotopic (exact) mass is 298 g/mol. The van der Waals surface area contributed by atoms with Crippen LogP contribution in [0.15, 0.2) is 42.5 Å². The number of carbonyl (C=O) groups excluding carboxylic acids is 1. The van der Waals surface area contributed by atoms with Crippen LogP contribution < -0.4 is 11.1 Å². The molecule has 0 bridgehead atoms. The van der Waals surface area contributed by atoms with Gasteiger partial charge in [0.2, 0.25) is 5.91 Å². The van der Waals surface area contributed by atoms with Gasteiger partial charge in [-0.2, -0.15) is 0 Å². The van der Waals surface area contributed by atoms with Gasteiger partial charge in [-0.1, -0.05) is 54.7 Å². The van der Waals surface area contributed by atoms with Crippen LogP contribution >= 0.6 is 12.2 Å². The maximum absolute atomic E-state index is 12.3. The van der Waals surface area contributed by atoms with Gasteiger partial charge < -0.3 is 11.1 Å². The van der Waals surface area contributed by atoms with E-state index in [2.05, 4.69) is 17.4 Å². The highest BCUT2D eigenvalue weighted by Crippen LogP contribution is 2.32. The molecule has 0 radical (unpaired) electrons. The molecule has 0 saturated heterocycles. The fourth-order valence-corrected chi connectivity index (χ4v) is 2.95. The van der Waals surface area contributed by atoms with Crippen molar-refractivity contribution in [1.82, 2.24) is 5.32 Å². The number of nitrogens with two attached hydrogens (primary N) is 1. The van der Waals surface area contributed by atoms with E-state index in [1.54, 1.807) is 0 Å². The van der Waals surface area contributed by atoms with Crippen LogP contribution in [0, 0.1) is 5.92 Å².